The molecule has 24 heavy (non-hydrogen) atoms. The summed E-state index contributed by atoms with van der Waals surface area (Å²) in [6, 6.07) is 10.4. The van der Waals surface area contributed by atoms with Crippen LogP contribution < -0.4 is 5.32 Å². The number of carbonyl (C=O) groups excluding carboxylic acids is 1. The van der Waals surface area contributed by atoms with E-state index in [4.69, 9.17) is 0 Å². The van der Waals surface area contributed by atoms with Crippen LogP contribution in [0.25, 0.3) is 0 Å². The second kappa shape index (κ2) is 4.65. The SMILES string of the molecule is CC[C@]1(c2ccccc2)C2=CN=NC2NC2=C1C(=O)CC1(CC1)C2. The molecule has 0 bridgehead atoms. The van der Waals surface area contributed by atoms with Gasteiger partial charge in [0.15, 0.2) is 11.9 Å². The minimum atomic E-state index is -0.385. The van der Waals surface area contributed by atoms with Crippen LogP contribution in [-0.4, -0.2) is 11.9 Å². The molecule has 1 N–H and O–H groups in total. The molecule has 122 valence electrons. The van der Waals surface area contributed by atoms with Crippen LogP contribution in [-0.2, 0) is 10.2 Å². The van der Waals surface area contributed by atoms with Gasteiger partial charge in [-0.2, -0.15) is 10.2 Å². The Kier molecular flexibility index (Phi) is 2.74. The first kappa shape index (κ1) is 14.1. The number of benzene rings is 1. The van der Waals surface area contributed by atoms with Crippen molar-refractivity contribution >= 4 is 5.78 Å². The first-order valence-corrected chi connectivity index (χ1v) is 8.88. The zero-order chi connectivity index (χ0) is 16.4. The second-order valence-electron chi connectivity index (χ2n) is 7.62. The summed E-state index contributed by atoms with van der Waals surface area (Å²) in [4.78, 5) is 13.2. The topological polar surface area (TPSA) is 53.8 Å². The fraction of sp³-hybridized carbons (Fsp3) is 0.450. The molecule has 2 atom stereocenters. The van der Waals surface area contributed by atoms with Gasteiger partial charge in [0.2, 0.25) is 0 Å². The molecule has 1 unspecified atom stereocenters. The molecule has 0 saturated heterocycles. The van der Waals surface area contributed by atoms with Crippen LogP contribution >= 0.6 is 0 Å². The van der Waals surface area contributed by atoms with Gasteiger partial charge in [-0.05, 0) is 36.7 Å². The maximum atomic E-state index is 13.2. The summed E-state index contributed by atoms with van der Waals surface area (Å²) in [5.74, 6) is 0.318. The van der Waals surface area contributed by atoms with Gasteiger partial charge < -0.3 is 5.32 Å². The Morgan fingerprint density at radius 2 is 2.00 bits per heavy atom. The first-order chi connectivity index (χ1) is 11.7. The van der Waals surface area contributed by atoms with E-state index >= 15 is 0 Å². The van der Waals surface area contributed by atoms with E-state index in [1.807, 2.05) is 12.3 Å². The van der Waals surface area contributed by atoms with E-state index in [-0.39, 0.29) is 17.0 Å². The number of Topliss-reactive ketones (excluding diaryl/α,β-unsaturated/α-hetero) is 1. The molecule has 1 aromatic rings. The number of nitrogens with one attached hydrogen (secondary N) is 1. The van der Waals surface area contributed by atoms with Crippen LogP contribution in [0.4, 0.5) is 0 Å². The predicted molar refractivity (Wildman–Crippen MR) is 91.2 cm³/mol. The number of fused-ring (bicyclic) bond motifs is 1. The van der Waals surface area contributed by atoms with Gasteiger partial charge >= 0.3 is 0 Å². The Hall–Kier alpha value is -2.23. The zero-order valence-corrected chi connectivity index (χ0v) is 13.9. The van der Waals surface area contributed by atoms with Gasteiger partial charge in [0.05, 0.1) is 11.6 Å². The highest BCUT2D eigenvalue weighted by Crippen LogP contribution is 2.60. The van der Waals surface area contributed by atoms with Crippen LogP contribution in [0.1, 0.15) is 44.6 Å². The first-order valence-electron chi connectivity index (χ1n) is 8.88. The number of carbonyl (C=O) groups is 1. The molecule has 1 spiro atoms. The summed E-state index contributed by atoms with van der Waals surface area (Å²) in [7, 11) is 0. The predicted octanol–water partition coefficient (Wildman–Crippen LogP) is 4.01. The van der Waals surface area contributed by atoms with E-state index in [9.17, 15) is 4.79 Å². The van der Waals surface area contributed by atoms with Gasteiger partial charge in [0.1, 0.15) is 0 Å². The molecule has 2 aliphatic heterocycles. The number of hydrogen-bond acceptors (Lipinski definition) is 4. The van der Waals surface area contributed by atoms with Crippen molar-refractivity contribution in [3.05, 3.63) is 58.9 Å². The lowest BCUT2D eigenvalue weighted by molar-refractivity contribution is -0.118. The zero-order valence-electron chi connectivity index (χ0n) is 13.9. The quantitative estimate of drug-likeness (QED) is 0.895. The minimum absolute atomic E-state index is 0.120. The van der Waals surface area contributed by atoms with E-state index in [0.29, 0.717) is 12.2 Å². The fourth-order valence-corrected chi connectivity index (χ4v) is 4.95. The Bertz CT molecular complexity index is 817. The molecule has 0 radical (unpaired) electrons. The van der Waals surface area contributed by atoms with Crippen molar-refractivity contribution in [2.45, 2.75) is 50.6 Å². The molecule has 2 heterocycles. The van der Waals surface area contributed by atoms with Crippen molar-refractivity contribution in [1.29, 1.82) is 0 Å². The minimum Gasteiger partial charge on any atom is -0.362 e. The summed E-state index contributed by atoms with van der Waals surface area (Å²) < 4.78 is 0. The van der Waals surface area contributed by atoms with Crippen molar-refractivity contribution in [2.75, 3.05) is 0 Å². The molecule has 1 aromatic carbocycles. The molecule has 0 amide bonds. The Morgan fingerprint density at radius 3 is 2.71 bits per heavy atom. The van der Waals surface area contributed by atoms with E-state index < -0.39 is 0 Å². The van der Waals surface area contributed by atoms with Crippen molar-refractivity contribution in [2.24, 2.45) is 15.6 Å². The maximum Gasteiger partial charge on any atom is 0.164 e. The average Bonchev–Trinajstić information content (AvgIpc) is 3.15. The molecule has 4 nitrogen and oxygen atoms in total. The van der Waals surface area contributed by atoms with Crippen molar-refractivity contribution in [3.8, 4) is 0 Å². The van der Waals surface area contributed by atoms with Crippen LogP contribution in [0.2, 0.25) is 0 Å². The van der Waals surface area contributed by atoms with Crippen molar-refractivity contribution in [1.82, 2.24) is 5.32 Å². The number of hydrogen-bond donors (Lipinski definition) is 1. The molecular formula is C20H21N3O. The highest BCUT2D eigenvalue weighted by atomic mass is 16.1. The van der Waals surface area contributed by atoms with Crippen molar-refractivity contribution in [3.63, 3.8) is 0 Å². The standard InChI is InChI=1S/C20H21N3O/c1-2-20(13-6-4-3-5-7-13)14-12-21-23-18(14)22-15-10-19(8-9-19)11-16(24)17(15)20/h3-7,12,18,22H,2,8-11H2,1H3/t18?,20-/m0/s1. The van der Waals surface area contributed by atoms with E-state index in [0.717, 1.165) is 29.7 Å². The Labute approximate surface area is 141 Å². The second-order valence-corrected chi connectivity index (χ2v) is 7.62. The summed E-state index contributed by atoms with van der Waals surface area (Å²) in [6.07, 6.45) is 6.64. The van der Waals surface area contributed by atoms with Gasteiger partial charge in [-0.15, -0.1) is 0 Å². The average molecular weight is 319 g/mol. The highest BCUT2D eigenvalue weighted by molar-refractivity contribution is 6.01. The number of ketones is 1. The van der Waals surface area contributed by atoms with Gasteiger partial charge in [0.25, 0.3) is 0 Å². The van der Waals surface area contributed by atoms with Crippen LogP contribution in [0, 0.1) is 5.41 Å². The number of rotatable bonds is 2. The van der Waals surface area contributed by atoms with E-state index in [1.54, 1.807) is 0 Å². The molecule has 2 aliphatic carbocycles. The molecule has 4 heteroatoms. The van der Waals surface area contributed by atoms with Gasteiger partial charge in [-0.3, -0.25) is 4.79 Å². The van der Waals surface area contributed by atoms with Crippen LogP contribution in [0.3, 0.4) is 0 Å². The Balaban J connectivity index is 1.77. The van der Waals surface area contributed by atoms with E-state index in [2.05, 4.69) is 46.7 Å². The lowest BCUT2D eigenvalue weighted by Gasteiger charge is -2.46. The third-order valence-electron chi connectivity index (χ3n) is 6.33. The lowest BCUT2D eigenvalue weighted by atomic mass is 9.60. The van der Waals surface area contributed by atoms with Crippen molar-refractivity contribution < 1.29 is 4.79 Å². The molecule has 0 aromatic heterocycles. The number of azo groups is 1. The summed E-state index contributed by atoms with van der Waals surface area (Å²) in [5, 5.41) is 12.1. The normalized spacial score (nSPS) is 32.3. The lowest BCUT2D eigenvalue weighted by Crippen LogP contribution is -2.50. The molecule has 4 aliphatic rings. The summed E-state index contributed by atoms with van der Waals surface area (Å²) in [5.41, 5.74) is 4.25. The van der Waals surface area contributed by atoms with Crippen LogP contribution in [0.5, 0.6) is 0 Å². The van der Waals surface area contributed by atoms with Crippen LogP contribution in [0.15, 0.2) is 63.6 Å². The van der Waals surface area contributed by atoms with Gasteiger partial charge in [-0.1, -0.05) is 37.3 Å². The highest BCUT2D eigenvalue weighted by Gasteiger charge is 2.57. The monoisotopic (exact) mass is 319 g/mol. The number of nitrogens with zero attached hydrogens (tertiary/aromatic N) is 2. The summed E-state index contributed by atoms with van der Waals surface area (Å²) >= 11 is 0. The third-order valence-corrected chi connectivity index (χ3v) is 6.33. The summed E-state index contributed by atoms with van der Waals surface area (Å²) in [6.45, 7) is 2.17. The largest absolute Gasteiger partial charge is 0.362 e. The molecule has 5 rings (SSSR count). The van der Waals surface area contributed by atoms with Gasteiger partial charge in [-0.25, -0.2) is 0 Å². The van der Waals surface area contributed by atoms with E-state index in [1.165, 1.54) is 18.4 Å². The smallest absolute Gasteiger partial charge is 0.164 e. The number of allylic oxidation sites excluding steroid dienone is 2. The van der Waals surface area contributed by atoms with Gasteiger partial charge in [0, 0.05) is 23.3 Å². The Morgan fingerprint density at radius 1 is 1.21 bits per heavy atom. The molecule has 1 saturated carbocycles. The molecular weight excluding hydrogens is 298 g/mol. The third kappa shape index (κ3) is 1.71. The fourth-order valence-electron chi connectivity index (χ4n) is 4.95. The molecule has 1 fully saturated rings. The maximum absolute atomic E-state index is 13.2.